The van der Waals surface area contributed by atoms with Crippen LogP contribution in [0.25, 0.3) is 0 Å². The molecule has 0 bridgehead atoms. The zero-order valence-electron chi connectivity index (χ0n) is 14.7. The zero-order valence-corrected chi connectivity index (χ0v) is 14.7. The number of carbonyl (C=O) groups excluding carboxylic acids is 1. The van der Waals surface area contributed by atoms with E-state index in [4.69, 9.17) is 4.74 Å². The van der Waals surface area contributed by atoms with Crippen molar-refractivity contribution in [1.82, 2.24) is 0 Å². The molecule has 0 aliphatic carbocycles. The summed E-state index contributed by atoms with van der Waals surface area (Å²) < 4.78 is 5.54. The predicted octanol–water partition coefficient (Wildman–Crippen LogP) is 6.14. The van der Waals surface area contributed by atoms with Crippen molar-refractivity contribution in [2.45, 2.75) is 83.2 Å². The van der Waals surface area contributed by atoms with E-state index in [-0.39, 0.29) is 18.0 Å². The van der Waals surface area contributed by atoms with Crippen LogP contribution in [-0.2, 0) is 9.53 Å². The molecule has 0 unspecified atom stereocenters. The molecule has 0 aromatic carbocycles. The molecule has 1 saturated heterocycles. The van der Waals surface area contributed by atoms with Crippen molar-refractivity contribution < 1.29 is 9.53 Å². The molecule has 0 N–H and O–H groups in total. The van der Waals surface area contributed by atoms with E-state index in [1.807, 2.05) is 12.2 Å². The van der Waals surface area contributed by atoms with Crippen molar-refractivity contribution in [2.75, 3.05) is 0 Å². The van der Waals surface area contributed by atoms with Crippen molar-refractivity contribution in [3.05, 3.63) is 37.5 Å². The van der Waals surface area contributed by atoms with Gasteiger partial charge < -0.3 is 4.74 Å². The summed E-state index contributed by atoms with van der Waals surface area (Å²) in [5.74, 6) is 0.0732. The molecular formula is C21H34O2. The third kappa shape index (κ3) is 7.67. The largest absolute Gasteiger partial charge is 0.458 e. The molecule has 1 aliphatic heterocycles. The Morgan fingerprint density at radius 3 is 2.00 bits per heavy atom. The van der Waals surface area contributed by atoms with E-state index in [9.17, 15) is 4.79 Å². The lowest BCUT2D eigenvalue weighted by Gasteiger charge is -2.17. The van der Waals surface area contributed by atoms with Crippen LogP contribution in [0.2, 0.25) is 0 Å². The van der Waals surface area contributed by atoms with E-state index in [0.29, 0.717) is 5.57 Å². The van der Waals surface area contributed by atoms with Crippen molar-refractivity contribution in [3.8, 4) is 0 Å². The Hall–Kier alpha value is -1.31. The third-order valence-corrected chi connectivity index (χ3v) is 4.74. The number of hydrogen-bond donors (Lipinski definition) is 0. The quantitative estimate of drug-likeness (QED) is 0.166. The third-order valence-electron chi connectivity index (χ3n) is 4.74. The maximum absolute atomic E-state index is 11.8. The molecule has 1 heterocycles. The number of allylic oxidation sites excluding steroid dienone is 2. The minimum Gasteiger partial charge on any atom is -0.458 e. The van der Waals surface area contributed by atoms with Crippen LogP contribution >= 0.6 is 0 Å². The van der Waals surface area contributed by atoms with Gasteiger partial charge in [0, 0.05) is 11.5 Å². The maximum Gasteiger partial charge on any atom is 0.334 e. The Morgan fingerprint density at radius 2 is 1.35 bits per heavy atom. The number of esters is 1. The second-order valence-corrected chi connectivity index (χ2v) is 6.64. The average Bonchev–Trinajstić information content (AvgIpc) is 2.81. The molecule has 1 fully saturated rings. The summed E-state index contributed by atoms with van der Waals surface area (Å²) in [7, 11) is 0. The smallest absolute Gasteiger partial charge is 0.334 e. The highest BCUT2D eigenvalue weighted by Crippen LogP contribution is 2.34. The van der Waals surface area contributed by atoms with Crippen LogP contribution < -0.4 is 0 Å². The van der Waals surface area contributed by atoms with Gasteiger partial charge in [-0.05, 0) is 44.9 Å². The summed E-state index contributed by atoms with van der Waals surface area (Å²) in [6.07, 6.45) is 17.9. The first-order valence-electron chi connectivity index (χ1n) is 9.32. The second kappa shape index (κ2) is 12.2. The summed E-state index contributed by atoms with van der Waals surface area (Å²) in [6.45, 7) is 11.5. The van der Waals surface area contributed by atoms with E-state index in [1.165, 1.54) is 38.5 Å². The molecule has 2 atom stereocenters. The molecule has 0 saturated carbocycles. The zero-order chi connectivity index (χ0) is 16.9. The lowest BCUT2D eigenvalue weighted by molar-refractivity contribution is -0.139. The van der Waals surface area contributed by atoms with E-state index < -0.39 is 0 Å². The van der Waals surface area contributed by atoms with Gasteiger partial charge in [0.1, 0.15) is 6.10 Å². The molecule has 130 valence electrons. The average molecular weight is 319 g/mol. The minimum atomic E-state index is -0.169. The van der Waals surface area contributed by atoms with E-state index in [1.54, 1.807) is 0 Å². The number of rotatable bonds is 14. The van der Waals surface area contributed by atoms with Gasteiger partial charge in [0.15, 0.2) is 0 Å². The molecule has 0 aromatic heterocycles. The van der Waals surface area contributed by atoms with Crippen LogP contribution in [0.3, 0.4) is 0 Å². The van der Waals surface area contributed by atoms with E-state index in [2.05, 4.69) is 19.7 Å². The molecule has 1 aliphatic rings. The summed E-state index contributed by atoms with van der Waals surface area (Å²) in [6, 6.07) is 0. The molecule has 0 amide bonds. The topological polar surface area (TPSA) is 26.3 Å². The first-order chi connectivity index (χ1) is 11.2. The van der Waals surface area contributed by atoms with Crippen molar-refractivity contribution >= 4 is 5.97 Å². The lowest BCUT2D eigenvalue weighted by Crippen LogP contribution is -2.16. The van der Waals surface area contributed by atoms with Crippen LogP contribution in [0.1, 0.15) is 77.0 Å². The van der Waals surface area contributed by atoms with Gasteiger partial charge in [-0.15, -0.1) is 13.2 Å². The highest BCUT2D eigenvalue weighted by atomic mass is 16.6. The number of hydrogen-bond acceptors (Lipinski definition) is 2. The summed E-state index contributed by atoms with van der Waals surface area (Å²) in [5, 5.41) is 0. The monoisotopic (exact) mass is 318 g/mol. The molecule has 23 heavy (non-hydrogen) atoms. The number of unbranched alkanes of at least 4 members (excludes halogenated alkanes) is 8. The fourth-order valence-electron chi connectivity index (χ4n) is 3.29. The molecule has 0 aromatic rings. The Bertz CT molecular complexity index is 383. The summed E-state index contributed by atoms with van der Waals surface area (Å²) in [5.41, 5.74) is 0.699. The predicted molar refractivity (Wildman–Crippen MR) is 98.3 cm³/mol. The van der Waals surface area contributed by atoms with Gasteiger partial charge in [0.25, 0.3) is 0 Å². The van der Waals surface area contributed by atoms with Crippen LogP contribution in [0, 0.1) is 5.92 Å². The maximum atomic E-state index is 11.8. The van der Waals surface area contributed by atoms with Gasteiger partial charge in [0.05, 0.1) is 0 Å². The number of carbonyl (C=O) groups is 1. The van der Waals surface area contributed by atoms with Gasteiger partial charge in [-0.2, -0.15) is 0 Å². The molecule has 2 nitrogen and oxygen atoms in total. The second-order valence-electron chi connectivity index (χ2n) is 6.64. The summed E-state index contributed by atoms with van der Waals surface area (Å²) in [4.78, 5) is 11.8. The Morgan fingerprint density at radius 1 is 0.826 bits per heavy atom. The molecule has 0 radical (unpaired) electrons. The Balaban J connectivity index is 2.22. The Kier molecular flexibility index (Phi) is 10.4. The fourth-order valence-corrected chi connectivity index (χ4v) is 3.29. The van der Waals surface area contributed by atoms with Crippen LogP contribution in [0.4, 0.5) is 0 Å². The highest BCUT2D eigenvalue weighted by molar-refractivity contribution is 5.90. The van der Waals surface area contributed by atoms with Crippen molar-refractivity contribution in [2.24, 2.45) is 5.92 Å². The van der Waals surface area contributed by atoms with Crippen LogP contribution in [0.5, 0.6) is 0 Å². The first-order valence-corrected chi connectivity index (χ1v) is 9.32. The standard InChI is InChI=1S/C21H34O2/c1-4-6-8-10-11-13-15-17-20-19(18(3)21(22)23-20)16-14-12-9-7-5-2/h4-5,19-20H,1-3,6-17H2/t19-,20+/m0/s1. The van der Waals surface area contributed by atoms with E-state index in [0.717, 1.165) is 38.5 Å². The Labute approximate surface area is 142 Å². The van der Waals surface area contributed by atoms with Gasteiger partial charge >= 0.3 is 5.97 Å². The van der Waals surface area contributed by atoms with Gasteiger partial charge in [-0.1, -0.05) is 50.8 Å². The first kappa shape index (κ1) is 19.7. The molecular weight excluding hydrogens is 284 g/mol. The number of ether oxygens (including phenoxy) is 1. The highest BCUT2D eigenvalue weighted by Gasteiger charge is 2.37. The fraction of sp³-hybridized carbons (Fsp3) is 0.667. The van der Waals surface area contributed by atoms with E-state index >= 15 is 0 Å². The van der Waals surface area contributed by atoms with Crippen molar-refractivity contribution in [1.29, 1.82) is 0 Å². The van der Waals surface area contributed by atoms with Gasteiger partial charge in [-0.25, -0.2) is 4.79 Å². The number of cyclic esters (lactones) is 1. The normalized spacial score (nSPS) is 20.5. The van der Waals surface area contributed by atoms with Crippen molar-refractivity contribution in [3.63, 3.8) is 0 Å². The molecule has 1 rings (SSSR count). The lowest BCUT2D eigenvalue weighted by atomic mass is 9.88. The summed E-state index contributed by atoms with van der Waals surface area (Å²) >= 11 is 0. The van der Waals surface area contributed by atoms with Crippen LogP contribution in [0.15, 0.2) is 37.5 Å². The van der Waals surface area contributed by atoms with Gasteiger partial charge in [0.2, 0.25) is 0 Å². The molecule has 2 heteroatoms. The van der Waals surface area contributed by atoms with Crippen LogP contribution in [-0.4, -0.2) is 12.1 Å². The van der Waals surface area contributed by atoms with Gasteiger partial charge in [-0.3, -0.25) is 0 Å². The molecule has 0 spiro atoms. The minimum absolute atomic E-state index is 0.0718. The SMILES string of the molecule is C=CCCCCCCC[C@H]1OC(=O)C(=C)[C@@H]1CCCCCC=C.